The summed E-state index contributed by atoms with van der Waals surface area (Å²) in [4.78, 5) is 11.6. The highest BCUT2D eigenvalue weighted by Crippen LogP contribution is 2.22. The third-order valence-electron chi connectivity index (χ3n) is 3.50. The minimum atomic E-state index is -4.41. The van der Waals surface area contributed by atoms with E-state index in [-0.39, 0.29) is 12.6 Å². The van der Waals surface area contributed by atoms with Crippen LogP contribution < -0.4 is 10.6 Å². The summed E-state index contributed by atoms with van der Waals surface area (Å²) in [7, 11) is 0. The molecule has 0 aliphatic carbocycles. The second-order valence-electron chi connectivity index (χ2n) is 5.53. The van der Waals surface area contributed by atoms with Gasteiger partial charge in [0.05, 0.1) is 12.6 Å². The number of halogens is 3. The molecule has 0 saturated heterocycles. The maximum Gasteiger partial charge on any atom is 0.405 e. The van der Waals surface area contributed by atoms with Crippen LogP contribution in [0.4, 0.5) is 13.2 Å². The molecule has 0 unspecified atom stereocenters. The topological polar surface area (TPSA) is 41.1 Å². The van der Waals surface area contributed by atoms with Crippen LogP contribution in [0.15, 0.2) is 54.6 Å². The van der Waals surface area contributed by atoms with Crippen molar-refractivity contribution in [1.29, 1.82) is 0 Å². The van der Waals surface area contributed by atoms with Gasteiger partial charge in [0, 0.05) is 0 Å². The lowest BCUT2D eigenvalue weighted by molar-refractivity contribution is -0.137. The zero-order valence-corrected chi connectivity index (χ0v) is 13.2. The lowest BCUT2D eigenvalue weighted by Crippen LogP contribution is -2.40. The zero-order valence-electron chi connectivity index (χ0n) is 13.2. The number of alkyl halides is 3. The standard InChI is InChI=1S/C18H19F3N2O/c1-13-7-9-15(10-8-13)17(14-5-3-2-4-6-14)22-11-16(24)23-12-18(19,20)21/h2-10,17,22H,11-12H2,1H3,(H,23,24)/t17-/m1/s1. The van der Waals surface area contributed by atoms with Gasteiger partial charge in [-0.3, -0.25) is 10.1 Å². The van der Waals surface area contributed by atoms with E-state index in [4.69, 9.17) is 0 Å². The summed E-state index contributed by atoms with van der Waals surface area (Å²) in [5.74, 6) is -0.694. The highest BCUT2D eigenvalue weighted by Gasteiger charge is 2.27. The van der Waals surface area contributed by atoms with E-state index in [1.807, 2.05) is 66.8 Å². The van der Waals surface area contributed by atoms with Crippen molar-refractivity contribution in [3.63, 3.8) is 0 Å². The van der Waals surface area contributed by atoms with Crippen molar-refractivity contribution in [3.8, 4) is 0 Å². The fourth-order valence-electron chi connectivity index (χ4n) is 2.29. The molecule has 24 heavy (non-hydrogen) atoms. The van der Waals surface area contributed by atoms with Crippen LogP contribution >= 0.6 is 0 Å². The SMILES string of the molecule is Cc1ccc([C@H](NCC(=O)NCC(F)(F)F)c2ccccc2)cc1. The Morgan fingerprint density at radius 3 is 2.17 bits per heavy atom. The molecular weight excluding hydrogens is 317 g/mol. The summed E-state index contributed by atoms with van der Waals surface area (Å²) in [6.45, 7) is 0.441. The molecule has 2 rings (SSSR count). The first-order chi connectivity index (χ1) is 11.3. The van der Waals surface area contributed by atoms with Crippen molar-refractivity contribution in [2.75, 3.05) is 13.1 Å². The van der Waals surface area contributed by atoms with Gasteiger partial charge in [-0.25, -0.2) is 0 Å². The van der Waals surface area contributed by atoms with Gasteiger partial charge in [0.25, 0.3) is 0 Å². The molecule has 0 heterocycles. The Balaban J connectivity index is 2.07. The van der Waals surface area contributed by atoms with Gasteiger partial charge in [-0.15, -0.1) is 0 Å². The number of benzene rings is 2. The molecule has 2 aromatic carbocycles. The van der Waals surface area contributed by atoms with E-state index >= 15 is 0 Å². The Morgan fingerprint density at radius 2 is 1.58 bits per heavy atom. The average Bonchev–Trinajstić information content (AvgIpc) is 2.55. The van der Waals surface area contributed by atoms with Gasteiger partial charge in [-0.2, -0.15) is 13.2 Å². The molecule has 0 bridgehead atoms. The van der Waals surface area contributed by atoms with Crippen LogP contribution in [0.5, 0.6) is 0 Å². The van der Waals surface area contributed by atoms with Crippen molar-refractivity contribution in [2.45, 2.75) is 19.1 Å². The predicted molar refractivity (Wildman–Crippen MR) is 86.5 cm³/mol. The Morgan fingerprint density at radius 1 is 1.00 bits per heavy atom. The largest absolute Gasteiger partial charge is 0.405 e. The molecule has 0 aliphatic heterocycles. The number of amides is 1. The van der Waals surface area contributed by atoms with Gasteiger partial charge >= 0.3 is 6.18 Å². The normalized spacial score (nSPS) is 12.7. The van der Waals surface area contributed by atoms with Gasteiger partial charge < -0.3 is 5.32 Å². The highest BCUT2D eigenvalue weighted by atomic mass is 19.4. The van der Waals surface area contributed by atoms with E-state index in [1.165, 1.54) is 0 Å². The maximum atomic E-state index is 12.1. The highest BCUT2D eigenvalue weighted by molar-refractivity contribution is 5.78. The quantitative estimate of drug-likeness (QED) is 0.849. The Bertz CT molecular complexity index is 654. The first-order valence-electron chi connectivity index (χ1n) is 7.53. The molecular formula is C18H19F3N2O. The summed E-state index contributed by atoms with van der Waals surface area (Å²) < 4.78 is 36.4. The molecule has 0 saturated carbocycles. The van der Waals surface area contributed by atoms with Crippen LogP contribution in [-0.4, -0.2) is 25.2 Å². The second kappa shape index (κ2) is 7.97. The number of hydrogen-bond acceptors (Lipinski definition) is 2. The van der Waals surface area contributed by atoms with Gasteiger partial charge in [0.1, 0.15) is 6.54 Å². The van der Waals surface area contributed by atoms with Crippen LogP contribution in [0.2, 0.25) is 0 Å². The fraction of sp³-hybridized carbons (Fsp3) is 0.278. The van der Waals surface area contributed by atoms with E-state index in [1.54, 1.807) is 0 Å². The number of aryl methyl sites for hydroxylation is 1. The number of carbonyl (C=O) groups excluding carboxylic acids is 1. The molecule has 128 valence electrons. The first kappa shape index (κ1) is 18.0. The molecule has 3 nitrogen and oxygen atoms in total. The van der Waals surface area contributed by atoms with Crippen molar-refractivity contribution in [2.24, 2.45) is 0 Å². The van der Waals surface area contributed by atoms with Gasteiger partial charge in [-0.1, -0.05) is 60.2 Å². The maximum absolute atomic E-state index is 12.1. The van der Waals surface area contributed by atoms with Crippen LogP contribution in [-0.2, 0) is 4.79 Å². The Labute approximate surface area is 138 Å². The van der Waals surface area contributed by atoms with Crippen LogP contribution in [0.25, 0.3) is 0 Å². The van der Waals surface area contributed by atoms with E-state index in [2.05, 4.69) is 5.32 Å². The lowest BCUT2D eigenvalue weighted by Gasteiger charge is -2.20. The van der Waals surface area contributed by atoms with E-state index in [9.17, 15) is 18.0 Å². The molecule has 6 heteroatoms. The van der Waals surface area contributed by atoms with Crippen molar-refractivity contribution in [1.82, 2.24) is 10.6 Å². The fourth-order valence-corrected chi connectivity index (χ4v) is 2.29. The monoisotopic (exact) mass is 336 g/mol. The first-order valence-corrected chi connectivity index (χ1v) is 7.53. The van der Waals surface area contributed by atoms with Crippen molar-refractivity contribution in [3.05, 3.63) is 71.3 Å². The second-order valence-corrected chi connectivity index (χ2v) is 5.53. The van der Waals surface area contributed by atoms with Crippen LogP contribution in [0.1, 0.15) is 22.7 Å². The molecule has 2 N–H and O–H groups in total. The molecule has 1 amide bonds. The minimum absolute atomic E-state index is 0.205. The summed E-state index contributed by atoms with van der Waals surface area (Å²) in [6, 6.07) is 17.0. The molecule has 0 aromatic heterocycles. The van der Waals surface area contributed by atoms with Crippen LogP contribution in [0, 0.1) is 6.92 Å². The molecule has 0 fully saturated rings. The molecule has 2 aromatic rings. The lowest BCUT2D eigenvalue weighted by atomic mass is 9.98. The molecule has 0 aliphatic rings. The van der Waals surface area contributed by atoms with Gasteiger partial charge in [0.15, 0.2) is 0 Å². The Kier molecular flexibility index (Phi) is 5.98. The van der Waals surface area contributed by atoms with E-state index in [0.29, 0.717) is 0 Å². The van der Waals surface area contributed by atoms with Gasteiger partial charge in [0.2, 0.25) is 5.91 Å². The van der Waals surface area contributed by atoms with Crippen molar-refractivity contribution >= 4 is 5.91 Å². The van der Waals surface area contributed by atoms with E-state index in [0.717, 1.165) is 16.7 Å². The third kappa shape index (κ3) is 5.70. The molecule has 1 atom stereocenters. The molecule has 0 spiro atoms. The summed E-state index contributed by atoms with van der Waals surface area (Å²) >= 11 is 0. The van der Waals surface area contributed by atoms with Crippen molar-refractivity contribution < 1.29 is 18.0 Å². The number of carbonyl (C=O) groups is 1. The number of hydrogen-bond donors (Lipinski definition) is 2. The smallest absolute Gasteiger partial charge is 0.346 e. The number of nitrogens with one attached hydrogen (secondary N) is 2. The molecule has 0 radical (unpaired) electrons. The summed E-state index contributed by atoms with van der Waals surface area (Å²) in [6.07, 6.45) is -4.41. The van der Waals surface area contributed by atoms with Gasteiger partial charge in [-0.05, 0) is 18.1 Å². The summed E-state index contributed by atoms with van der Waals surface area (Å²) in [5.41, 5.74) is 2.98. The minimum Gasteiger partial charge on any atom is -0.346 e. The van der Waals surface area contributed by atoms with E-state index < -0.39 is 18.6 Å². The van der Waals surface area contributed by atoms with Crippen LogP contribution in [0.3, 0.4) is 0 Å². The number of rotatable bonds is 6. The average molecular weight is 336 g/mol. The summed E-state index contributed by atoms with van der Waals surface area (Å²) in [5, 5.41) is 4.89. The zero-order chi connectivity index (χ0) is 17.6. The Hall–Kier alpha value is -2.34. The third-order valence-corrected chi connectivity index (χ3v) is 3.50. The predicted octanol–water partition coefficient (Wildman–Crippen LogP) is 3.35.